The van der Waals surface area contributed by atoms with E-state index in [-0.39, 0.29) is 16.1 Å². The number of rotatable bonds is 8. The number of aromatic carboxylic acids is 1. The Morgan fingerprint density at radius 3 is 2.50 bits per heavy atom. The molecule has 8 nitrogen and oxygen atoms in total. The summed E-state index contributed by atoms with van der Waals surface area (Å²) in [4.78, 5) is 21.1. The zero-order valence-corrected chi connectivity index (χ0v) is 20.7. The molecule has 3 heterocycles. The summed E-state index contributed by atoms with van der Waals surface area (Å²) >= 11 is 0. The fourth-order valence-electron chi connectivity index (χ4n) is 4.91. The lowest BCUT2D eigenvalue weighted by molar-refractivity contribution is 0.0697. The largest absolute Gasteiger partial charge is 0.478 e. The summed E-state index contributed by atoms with van der Waals surface area (Å²) in [6.07, 6.45) is 6.02. The van der Waals surface area contributed by atoms with E-state index in [9.17, 15) is 18.3 Å². The molecule has 1 atom stereocenters. The second kappa shape index (κ2) is 10.3. The van der Waals surface area contributed by atoms with Gasteiger partial charge in [0.05, 0.1) is 16.8 Å². The van der Waals surface area contributed by atoms with Crippen LogP contribution in [0.25, 0.3) is 0 Å². The third kappa shape index (κ3) is 5.70. The van der Waals surface area contributed by atoms with Crippen molar-refractivity contribution in [1.82, 2.24) is 9.88 Å². The first kappa shape index (κ1) is 24.5. The third-order valence-corrected chi connectivity index (χ3v) is 8.14. The van der Waals surface area contributed by atoms with E-state index in [1.807, 2.05) is 18.7 Å². The molecule has 9 heteroatoms. The Hall–Kier alpha value is -2.65. The number of nitrogens with one attached hydrogen (secondary N) is 1. The van der Waals surface area contributed by atoms with Gasteiger partial charge in [-0.2, -0.15) is 0 Å². The molecule has 184 valence electrons. The van der Waals surface area contributed by atoms with Gasteiger partial charge in [0.25, 0.3) is 10.0 Å². The van der Waals surface area contributed by atoms with Gasteiger partial charge in [0.15, 0.2) is 0 Å². The zero-order chi connectivity index (χ0) is 24.3. The molecule has 2 fully saturated rings. The van der Waals surface area contributed by atoms with Gasteiger partial charge in [0.1, 0.15) is 11.4 Å². The van der Waals surface area contributed by atoms with Crippen LogP contribution in [0.15, 0.2) is 41.4 Å². The number of carboxylic acids is 1. The molecule has 0 bridgehead atoms. The van der Waals surface area contributed by atoms with Crippen molar-refractivity contribution in [3.63, 3.8) is 0 Å². The number of hydrogen-bond donors (Lipinski definition) is 2. The van der Waals surface area contributed by atoms with Gasteiger partial charge in [0, 0.05) is 19.6 Å². The molecular formula is C25H34N4O4S. The molecule has 4 rings (SSSR count). The topological polar surface area (TPSA) is 103 Å². The second-order valence-corrected chi connectivity index (χ2v) is 11.4. The van der Waals surface area contributed by atoms with Crippen molar-refractivity contribution in [2.24, 2.45) is 5.92 Å². The molecule has 1 aromatic heterocycles. The molecule has 1 unspecified atom stereocenters. The molecule has 2 aromatic rings. The Labute approximate surface area is 202 Å². The fraction of sp³-hybridized carbons (Fsp3) is 0.520. The number of sulfonamides is 1. The number of piperidine rings is 1. The summed E-state index contributed by atoms with van der Waals surface area (Å²) in [6.45, 7) is 8.91. The molecule has 0 radical (unpaired) electrons. The quantitative estimate of drug-likeness (QED) is 0.581. The van der Waals surface area contributed by atoms with Gasteiger partial charge in [-0.25, -0.2) is 18.2 Å². The fourth-order valence-corrected chi connectivity index (χ4v) is 5.94. The van der Waals surface area contributed by atoms with Gasteiger partial charge in [-0.1, -0.05) is 26.0 Å². The summed E-state index contributed by atoms with van der Waals surface area (Å²) in [5, 5.41) is 9.86. The molecule has 1 aromatic carbocycles. The summed E-state index contributed by atoms with van der Waals surface area (Å²) in [5.41, 5.74) is 1.19. The first-order valence-electron chi connectivity index (χ1n) is 12.1. The molecule has 0 aliphatic carbocycles. The van der Waals surface area contributed by atoms with E-state index in [1.165, 1.54) is 25.1 Å². The first-order chi connectivity index (χ1) is 16.2. The van der Waals surface area contributed by atoms with E-state index in [2.05, 4.69) is 14.6 Å². The lowest BCUT2D eigenvalue weighted by Crippen LogP contribution is -2.41. The Morgan fingerprint density at radius 2 is 1.85 bits per heavy atom. The molecule has 0 amide bonds. The third-order valence-electron chi connectivity index (χ3n) is 6.74. The Kier molecular flexibility index (Phi) is 7.42. The van der Waals surface area contributed by atoms with Crippen molar-refractivity contribution in [3.8, 4) is 0 Å². The van der Waals surface area contributed by atoms with Crippen LogP contribution < -0.4 is 9.62 Å². The molecule has 0 saturated carbocycles. The summed E-state index contributed by atoms with van der Waals surface area (Å²) < 4.78 is 28.2. The van der Waals surface area contributed by atoms with Crippen molar-refractivity contribution in [2.45, 2.75) is 50.3 Å². The van der Waals surface area contributed by atoms with Crippen molar-refractivity contribution in [3.05, 3.63) is 47.7 Å². The molecule has 2 saturated heterocycles. The molecule has 34 heavy (non-hydrogen) atoms. The van der Waals surface area contributed by atoms with Gasteiger partial charge in [-0.15, -0.1) is 0 Å². The van der Waals surface area contributed by atoms with Crippen molar-refractivity contribution < 1.29 is 18.3 Å². The van der Waals surface area contributed by atoms with Crippen LogP contribution in [0.4, 0.5) is 11.5 Å². The Morgan fingerprint density at radius 1 is 1.15 bits per heavy atom. The van der Waals surface area contributed by atoms with Crippen molar-refractivity contribution in [2.75, 3.05) is 42.3 Å². The van der Waals surface area contributed by atoms with E-state index < -0.39 is 16.0 Å². The SMILES string of the molecule is CC(C)c1ccc(S(=O)(=O)Nc2cnc(N3CCCC(CN4CCCC4)C3)c(C(=O)O)c2)cc1. The van der Waals surface area contributed by atoms with E-state index in [0.29, 0.717) is 17.7 Å². The van der Waals surface area contributed by atoms with E-state index in [4.69, 9.17) is 0 Å². The number of benzene rings is 1. The normalized spacial score (nSPS) is 19.5. The van der Waals surface area contributed by atoms with Gasteiger partial charge in [0.2, 0.25) is 0 Å². The number of nitrogens with zero attached hydrogens (tertiary/aromatic N) is 3. The van der Waals surface area contributed by atoms with E-state index in [0.717, 1.165) is 51.1 Å². The van der Waals surface area contributed by atoms with Crippen LogP contribution >= 0.6 is 0 Å². The minimum absolute atomic E-state index is 0.0113. The average molecular weight is 487 g/mol. The number of pyridine rings is 1. The summed E-state index contributed by atoms with van der Waals surface area (Å²) in [7, 11) is -3.86. The summed E-state index contributed by atoms with van der Waals surface area (Å²) in [5.74, 6) is 0.0564. The van der Waals surface area contributed by atoms with Gasteiger partial charge < -0.3 is 14.9 Å². The highest BCUT2D eigenvalue weighted by molar-refractivity contribution is 7.92. The van der Waals surface area contributed by atoms with Crippen LogP contribution in [-0.4, -0.2) is 62.1 Å². The smallest absolute Gasteiger partial charge is 0.339 e. The Bertz CT molecular complexity index is 1110. The molecule has 2 N–H and O–H groups in total. The predicted octanol–water partition coefficient (Wildman–Crippen LogP) is 4.02. The van der Waals surface area contributed by atoms with Gasteiger partial charge >= 0.3 is 5.97 Å². The number of hydrogen-bond acceptors (Lipinski definition) is 6. The van der Waals surface area contributed by atoms with Crippen LogP contribution in [0.3, 0.4) is 0 Å². The van der Waals surface area contributed by atoms with Crippen LogP contribution in [0, 0.1) is 5.92 Å². The highest BCUT2D eigenvalue weighted by Crippen LogP contribution is 2.28. The average Bonchev–Trinajstić information content (AvgIpc) is 3.32. The van der Waals surface area contributed by atoms with Crippen LogP contribution in [0.5, 0.6) is 0 Å². The Balaban J connectivity index is 1.51. The number of likely N-dealkylation sites (tertiary alicyclic amines) is 1. The summed E-state index contributed by atoms with van der Waals surface area (Å²) in [6, 6.07) is 8.07. The molecule has 0 spiro atoms. The van der Waals surface area contributed by atoms with E-state index in [1.54, 1.807) is 24.3 Å². The lowest BCUT2D eigenvalue weighted by Gasteiger charge is -2.36. The van der Waals surface area contributed by atoms with Gasteiger partial charge in [-0.3, -0.25) is 4.72 Å². The molecule has 2 aliphatic rings. The number of aromatic nitrogens is 1. The second-order valence-electron chi connectivity index (χ2n) is 9.69. The monoisotopic (exact) mass is 486 g/mol. The highest BCUT2D eigenvalue weighted by Gasteiger charge is 2.27. The van der Waals surface area contributed by atoms with Gasteiger partial charge in [-0.05, 0) is 74.4 Å². The zero-order valence-electron chi connectivity index (χ0n) is 19.9. The predicted molar refractivity (Wildman–Crippen MR) is 133 cm³/mol. The lowest BCUT2D eigenvalue weighted by atomic mass is 9.97. The number of carboxylic acid groups (broad SMARTS) is 1. The van der Waals surface area contributed by atoms with Crippen LogP contribution in [0.2, 0.25) is 0 Å². The minimum atomic E-state index is -3.86. The van der Waals surface area contributed by atoms with E-state index >= 15 is 0 Å². The minimum Gasteiger partial charge on any atom is -0.478 e. The molecule has 2 aliphatic heterocycles. The molecular weight excluding hydrogens is 452 g/mol. The van der Waals surface area contributed by atoms with Crippen molar-refractivity contribution >= 4 is 27.5 Å². The highest BCUT2D eigenvalue weighted by atomic mass is 32.2. The number of anilines is 2. The maximum atomic E-state index is 12.9. The van der Waals surface area contributed by atoms with Crippen molar-refractivity contribution in [1.29, 1.82) is 0 Å². The van der Waals surface area contributed by atoms with Crippen LogP contribution in [0.1, 0.15) is 61.4 Å². The standard InChI is InChI=1S/C25H34N4O4S/c1-18(2)20-7-9-22(10-8-20)34(32,33)27-21-14-23(25(30)31)24(26-15-21)29-13-5-6-19(17-29)16-28-11-3-4-12-28/h7-10,14-15,18-19,27H,3-6,11-13,16-17H2,1-2H3,(H,30,31). The van der Waals surface area contributed by atoms with Crippen LogP contribution in [-0.2, 0) is 10.0 Å². The first-order valence-corrected chi connectivity index (χ1v) is 13.5. The maximum Gasteiger partial charge on any atom is 0.339 e. The number of carbonyl (C=O) groups is 1. The maximum absolute atomic E-state index is 12.9.